The van der Waals surface area contributed by atoms with Gasteiger partial charge in [-0.1, -0.05) is 32.0 Å². The topological polar surface area (TPSA) is 76.0 Å². The summed E-state index contributed by atoms with van der Waals surface area (Å²) in [6.07, 6.45) is -2.88. The molecule has 2 aromatic carbocycles. The van der Waals surface area contributed by atoms with E-state index >= 15 is 4.39 Å². The highest BCUT2D eigenvalue weighted by Crippen LogP contribution is 2.42. The number of carbonyl (C=O) groups is 2. The largest absolute Gasteiger partial charge is 0.416 e. The molecular formula is C30H25F5N4O2. The van der Waals surface area contributed by atoms with Gasteiger partial charge in [0, 0.05) is 47.5 Å². The zero-order chi connectivity index (χ0) is 29.5. The van der Waals surface area contributed by atoms with E-state index in [9.17, 15) is 27.2 Å². The fourth-order valence-corrected chi connectivity index (χ4v) is 4.87. The lowest BCUT2D eigenvalue weighted by Gasteiger charge is -2.19. The molecule has 1 aliphatic rings. The summed E-state index contributed by atoms with van der Waals surface area (Å²) in [7, 11) is 0. The van der Waals surface area contributed by atoms with E-state index in [4.69, 9.17) is 0 Å². The summed E-state index contributed by atoms with van der Waals surface area (Å²) in [5.74, 6) is -2.27. The van der Waals surface area contributed by atoms with Crippen LogP contribution >= 0.6 is 0 Å². The van der Waals surface area contributed by atoms with Crippen molar-refractivity contribution in [3.63, 3.8) is 0 Å². The molecule has 3 heterocycles. The van der Waals surface area contributed by atoms with Gasteiger partial charge in [0.1, 0.15) is 17.5 Å². The van der Waals surface area contributed by atoms with Gasteiger partial charge in [-0.15, -0.1) is 0 Å². The average molecular weight is 569 g/mol. The number of amides is 2. The fourth-order valence-electron chi connectivity index (χ4n) is 4.87. The number of fused-ring (bicyclic) bond motifs is 1. The van der Waals surface area contributed by atoms with E-state index in [1.165, 1.54) is 30.5 Å². The standard InChI is InChI=1S/C30H25F5N4O2/c1-16(2)28(40)38-24-13-18(9-11-36-24)27-25(17-4-7-21(31)8-5-17)26-23(10-12-37-29(26)41)39(27)15-19-3-6-20(14-22(19)32)30(33,34)35/h3-9,11,13-14,16H,10,12,15H2,1-2H3,(H,37,41)(H,36,38,40). The number of anilines is 1. The summed E-state index contributed by atoms with van der Waals surface area (Å²) in [5.41, 5.74) is 1.62. The van der Waals surface area contributed by atoms with Crippen LogP contribution in [-0.2, 0) is 23.9 Å². The van der Waals surface area contributed by atoms with Crippen molar-refractivity contribution in [1.82, 2.24) is 14.9 Å². The van der Waals surface area contributed by atoms with Gasteiger partial charge in [0.25, 0.3) is 5.91 Å². The first-order chi connectivity index (χ1) is 19.4. The molecule has 212 valence electrons. The van der Waals surface area contributed by atoms with Crippen LogP contribution in [0.15, 0.2) is 60.8 Å². The third-order valence-electron chi connectivity index (χ3n) is 6.90. The Morgan fingerprint density at radius 2 is 1.76 bits per heavy atom. The number of aromatic nitrogens is 2. The molecule has 1 aliphatic heterocycles. The Balaban J connectivity index is 1.75. The summed E-state index contributed by atoms with van der Waals surface area (Å²) < 4.78 is 70.2. The minimum atomic E-state index is -4.71. The maximum Gasteiger partial charge on any atom is 0.416 e. The molecule has 0 bridgehead atoms. The third kappa shape index (κ3) is 5.57. The molecule has 0 fully saturated rings. The van der Waals surface area contributed by atoms with Gasteiger partial charge in [-0.25, -0.2) is 13.8 Å². The first kappa shape index (κ1) is 28.0. The fraction of sp³-hybridized carbons (Fsp3) is 0.233. The minimum absolute atomic E-state index is 0.0175. The Morgan fingerprint density at radius 3 is 2.41 bits per heavy atom. The molecule has 0 spiro atoms. The Labute approximate surface area is 232 Å². The smallest absolute Gasteiger partial charge is 0.352 e. The van der Waals surface area contributed by atoms with Crippen molar-refractivity contribution < 1.29 is 31.5 Å². The molecule has 4 aromatic rings. The molecular weight excluding hydrogens is 543 g/mol. The van der Waals surface area contributed by atoms with Crippen molar-refractivity contribution in [2.45, 2.75) is 33.0 Å². The molecule has 0 saturated carbocycles. The molecule has 0 atom stereocenters. The van der Waals surface area contributed by atoms with Crippen molar-refractivity contribution in [2.24, 2.45) is 5.92 Å². The van der Waals surface area contributed by atoms with Crippen molar-refractivity contribution in [1.29, 1.82) is 0 Å². The Hall–Kier alpha value is -4.54. The van der Waals surface area contributed by atoms with Crippen LogP contribution in [0.1, 0.15) is 41.0 Å². The number of nitrogens with one attached hydrogen (secondary N) is 2. The van der Waals surface area contributed by atoms with Crippen molar-refractivity contribution >= 4 is 17.6 Å². The van der Waals surface area contributed by atoms with E-state index in [-0.39, 0.29) is 35.7 Å². The second kappa shape index (κ2) is 10.8. The van der Waals surface area contributed by atoms with Gasteiger partial charge in [0.2, 0.25) is 5.91 Å². The maximum absolute atomic E-state index is 15.1. The van der Waals surface area contributed by atoms with Crippen LogP contribution in [-0.4, -0.2) is 27.9 Å². The number of carbonyl (C=O) groups excluding carboxylic acids is 2. The van der Waals surface area contributed by atoms with Gasteiger partial charge in [0.15, 0.2) is 0 Å². The zero-order valence-corrected chi connectivity index (χ0v) is 22.1. The summed E-state index contributed by atoms with van der Waals surface area (Å²) in [6, 6.07) is 11.1. The van der Waals surface area contributed by atoms with Crippen molar-refractivity contribution in [3.8, 4) is 22.4 Å². The summed E-state index contributed by atoms with van der Waals surface area (Å²) in [5, 5.41) is 5.54. The molecule has 6 nitrogen and oxygen atoms in total. The Morgan fingerprint density at radius 1 is 1.02 bits per heavy atom. The highest BCUT2D eigenvalue weighted by atomic mass is 19.4. The normalized spacial score (nSPS) is 13.2. The summed E-state index contributed by atoms with van der Waals surface area (Å²) in [6.45, 7) is 3.55. The lowest BCUT2D eigenvalue weighted by molar-refractivity contribution is -0.137. The molecule has 2 aromatic heterocycles. The lowest BCUT2D eigenvalue weighted by Crippen LogP contribution is -2.32. The number of hydrogen-bond acceptors (Lipinski definition) is 3. The maximum atomic E-state index is 15.1. The number of alkyl halides is 3. The van der Waals surface area contributed by atoms with Crippen LogP contribution in [0.5, 0.6) is 0 Å². The van der Waals surface area contributed by atoms with Crippen LogP contribution in [0.2, 0.25) is 0 Å². The second-order valence-electron chi connectivity index (χ2n) is 10.0. The summed E-state index contributed by atoms with van der Waals surface area (Å²) in [4.78, 5) is 29.8. The first-order valence-electron chi connectivity index (χ1n) is 12.9. The lowest BCUT2D eigenvalue weighted by atomic mass is 9.95. The number of nitrogens with zero attached hydrogens (tertiary/aromatic N) is 2. The van der Waals surface area contributed by atoms with Gasteiger partial charge in [0.05, 0.1) is 23.4 Å². The van der Waals surface area contributed by atoms with E-state index < -0.39 is 23.4 Å². The van der Waals surface area contributed by atoms with E-state index in [1.54, 1.807) is 30.5 Å². The van der Waals surface area contributed by atoms with E-state index in [2.05, 4.69) is 15.6 Å². The monoisotopic (exact) mass is 568 g/mol. The van der Waals surface area contributed by atoms with Gasteiger partial charge in [-0.3, -0.25) is 9.59 Å². The van der Waals surface area contributed by atoms with Crippen LogP contribution < -0.4 is 10.6 Å². The quantitative estimate of drug-likeness (QED) is 0.263. The Kier molecular flexibility index (Phi) is 7.37. The van der Waals surface area contributed by atoms with E-state index in [1.807, 2.05) is 0 Å². The molecule has 11 heteroatoms. The van der Waals surface area contributed by atoms with Gasteiger partial charge >= 0.3 is 6.18 Å². The Bertz CT molecular complexity index is 1640. The molecule has 2 amide bonds. The molecule has 41 heavy (non-hydrogen) atoms. The highest BCUT2D eigenvalue weighted by Gasteiger charge is 2.33. The first-order valence-corrected chi connectivity index (χ1v) is 12.9. The zero-order valence-electron chi connectivity index (χ0n) is 22.1. The number of rotatable bonds is 6. The van der Waals surface area contributed by atoms with Gasteiger partial charge in [-0.05, 0) is 42.0 Å². The number of pyridine rings is 1. The summed E-state index contributed by atoms with van der Waals surface area (Å²) >= 11 is 0. The van der Waals surface area contributed by atoms with Crippen molar-refractivity contribution in [2.75, 3.05) is 11.9 Å². The highest BCUT2D eigenvalue weighted by molar-refractivity contribution is 6.07. The third-order valence-corrected chi connectivity index (χ3v) is 6.90. The minimum Gasteiger partial charge on any atom is -0.352 e. The van der Waals surface area contributed by atoms with Crippen LogP contribution in [0.4, 0.5) is 27.8 Å². The molecule has 0 unspecified atom stereocenters. The molecule has 0 radical (unpaired) electrons. The molecule has 0 aliphatic carbocycles. The van der Waals surface area contributed by atoms with Crippen LogP contribution in [0.25, 0.3) is 22.4 Å². The van der Waals surface area contributed by atoms with Gasteiger partial charge in [-0.2, -0.15) is 13.2 Å². The van der Waals surface area contributed by atoms with Crippen molar-refractivity contribution in [3.05, 3.63) is 94.8 Å². The number of hydrogen-bond donors (Lipinski definition) is 2. The van der Waals surface area contributed by atoms with E-state index in [0.29, 0.717) is 52.7 Å². The van der Waals surface area contributed by atoms with Gasteiger partial charge < -0.3 is 15.2 Å². The second-order valence-corrected chi connectivity index (χ2v) is 10.0. The SMILES string of the molecule is CC(C)C(=O)Nc1cc(-c2c(-c3ccc(F)cc3)c3c(n2Cc2ccc(C(F)(F)F)cc2F)CCNC3=O)ccn1. The average Bonchev–Trinajstić information content (AvgIpc) is 3.25. The molecule has 2 N–H and O–H groups in total. The van der Waals surface area contributed by atoms with Crippen LogP contribution in [0.3, 0.4) is 0 Å². The van der Waals surface area contributed by atoms with Crippen LogP contribution in [0, 0.1) is 17.6 Å². The molecule has 0 saturated heterocycles. The number of halogens is 5. The predicted octanol–water partition coefficient (Wildman–Crippen LogP) is 6.44. The van der Waals surface area contributed by atoms with E-state index in [0.717, 1.165) is 12.1 Å². The molecule has 5 rings (SSSR count). The predicted molar refractivity (Wildman–Crippen MR) is 143 cm³/mol. The number of benzene rings is 2.